The van der Waals surface area contributed by atoms with Gasteiger partial charge in [-0.3, -0.25) is 19.7 Å². The molecule has 1 atom stereocenters. The number of aromatic nitrogens is 3. The van der Waals surface area contributed by atoms with Crippen LogP contribution in [0.2, 0.25) is 0 Å². The van der Waals surface area contributed by atoms with Crippen molar-refractivity contribution in [1.82, 2.24) is 29.7 Å². The number of para-hydroxylation sites is 1. The fraction of sp³-hybridized carbons (Fsp3) is 0.514. The van der Waals surface area contributed by atoms with E-state index in [2.05, 4.69) is 57.2 Å². The zero-order chi connectivity index (χ0) is 29.0. The van der Waals surface area contributed by atoms with Crippen molar-refractivity contribution in [2.75, 3.05) is 45.9 Å². The van der Waals surface area contributed by atoms with Gasteiger partial charge in [0.1, 0.15) is 6.54 Å². The fourth-order valence-corrected chi connectivity index (χ4v) is 7.63. The van der Waals surface area contributed by atoms with E-state index in [-0.39, 0.29) is 11.9 Å². The Hall–Kier alpha value is -3.33. The number of rotatable bonds is 9. The maximum absolute atomic E-state index is 13.6. The third-order valence-corrected chi connectivity index (χ3v) is 9.89. The molecule has 0 radical (unpaired) electrons. The minimum atomic E-state index is 0.144. The quantitative estimate of drug-likeness (QED) is 0.297. The highest BCUT2D eigenvalue weighted by Gasteiger charge is 2.29. The van der Waals surface area contributed by atoms with Crippen molar-refractivity contribution in [1.29, 1.82) is 0 Å². The first-order valence-corrected chi connectivity index (χ1v) is 16.3. The van der Waals surface area contributed by atoms with E-state index < -0.39 is 0 Å². The number of aryl methyl sites for hydroxylation is 1. The van der Waals surface area contributed by atoms with E-state index in [1.807, 2.05) is 17.3 Å². The summed E-state index contributed by atoms with van der Waals surface area (Å²) in [4.78, 5) is 28.1. The summed E-state index contributed by atoms with van der Waals surface area (Å²) in [6.45, 7) is 6.89. The Balaban J connectivity index is 1.24. The van der Waals surface area contributed by atoms with Crippen molar-refractivity contribution in [3.05, 3.63) is 71.8 Å². The van der Waals surface area contributed by atoms with Crippen LogP contribution >= 0.6 is 0 Å². The van der Waals surface area contributed by atoms with E-state index in [0.29, 0.717) is 32.8 Å². The molecule has 4 aromatic rings. The molecule has 43 heavy (non-hydrogen) atoms. The fourth-order valence-electron chi connectivity index (χ4n) is 7.63. The first-order valence-electron chi connectivity index (χ1n) is 16.3. The molecular weight excluding hydrogens is 536 g/mol. The SMILES string of the molecule is O=C(Cn1c2ccccc2c2ccnc(CN(CCCC3CCNCC3)[C@H]3CCCc4cccnc43)c21)N1CCOCC1. The lowest BCUT2D eigenvalue weighted by Gasteiger charge is -2.35. The van der Waals surface area contributed by atoms with Gasteiger partial charge in [0.15, 0.2) is 0 Å². The van der Waals surface area contributed by atoms with Gasteiger partial charge >= 0.3 is 0 Å². The van der Waals surface area contributed by atoms with Crippen LogP contribution < -0.4 is 5.32 Å². The number of nitrogens with one attached hydrogen (secondary N) is 1. The van der Waals surface area contributed by atoms with Gasteiger partial charge in [-0.25, -0.2) is 0 Å². The number of nitrogens with zero attached hydrogens (tertiary/aromatic N) is 5. The molecule has 1 N–H and O–H groups in total. The van der Waals surface area contributed by atoms with Crippen LogP contribution in [-0.2, 0) is 29.0 Å². The molecule has 226 valence electrons. The summed E-state index contributed by atoms with van der Waals surface area (Å²) >= 11 is 0. The first-order chi connectivity index (χ1) is 21.3. The molecule has 8 nitrogen and oxygen atoms in total. The number of carbonyl (C=O) groups excluding carboxylic acids is 1. The maximum Gasteiger partial charge on any atom is 0.242 e. The Morgan fingerprint density at radius 2 is 1.84 bits per heavy atom. The predicted molar refractivity (Wildman–Crippen MR) is 170 cm³/mol. The average Bonchev–Trinajstić information content (AvgIpc) is 3.39. The van der Waals surface area contributed by atoms with Crippen LogP contribution in [0.1, 0.15) is 61.5 Å². The molecule has 0 unspecified atom stereocenters. The van der Waals surface area contributed by atoms with Crippen LogP contribution in [-0.4, -0.2) is 76.2 Å². The molecule has 1 aliphatic carbocycles. The van der Waals surface area contributed by atoms with Crippen molar-refractivity contribution >= 4 is 27.7 Å². The minimum Gasteiger partial charge on any atom is -0.378 e. The number of hydrogen-bond acceptors (Lipinski definition) is 6. The smallest absolute Gasteiger partial charge is 0.242 e. The number of hydrogen-bond donors (Lipinski definition) is 1. The lowest BCUT2D eigenvalue weighted by Crippen LogP contribution is -2.42. The zero-order valence-electron chi connectivity index (χ0n) is 25.2. The van der Waals surface area contributed by atoms with Gasteiger partial charge in [-0.05, 0) is 94.3 Å². The highest BCUT2D eigenvalue weighted by molar-refractivity contribution is 6.09. The Bertz CT molecular complexity index is 1550. The van der Waals surface area contributed by atoms with Crippen LogP contribution in [0.15, 0.2) is 54.9 Å². The van der Waals surface area contributed by atoms with E-state index in [9.17, 15) is 4.79 Å². The molecule has 0 spiro atoms. The van der Waals surface area contributed by atoms with Crippen LogP contribution in [0, 0.1) is 5.92 Å². The molecule has 1 amide bonds. The number of carbonyl (C=O) groups is 1. The molecule has 2 aliphatic heterocycles. The van der Waals surface area contributed by atoms with Crippen molar-refractivity contribution < 1.29 is 9.53 Å². The Morgan fingerprint density at radius 3 is 2.72 bits per heavy atom. The molecule has 0 bridgehead atoms. The van der Waals surface area contributed by atoms with Crippen LogP contribution in [0.25, 0.3) is 21.8 Å². The molecule has 2 saturated heterocycles. The van der Waals surface area contributed by atoms with Gasteiger partial charge in [-0.1, -0.05) is 24.3 Å². The summed E-state index contributed by atoms with van der Waals surface area (Å²) < 4.78 is 7.74. The first kappa shape index (κ1) is 28.4. The summed E-state index contributed by atoms with van der Waals surface area (Å²) in [7, 11) is 0. The van der Waals surface area contributed by atoms with Crippen molar-refractivity contribution in [3.8, 4) is 0 Å². The topological polar surface area (TPSA) is 75.5 Å². The van der Waals surface area contributed by atoms with Gasteiger partial charge in [0.05, 0.1) is 36.2 Å². The molecule has 1 aromatic carbocycles. The number of benzene rings is 1. The number of ether oxygens (including phenoxy) is 1. The van der Waals surface area contributed by atoms with Crippen molar-refractivity contribution in [3.63, 3.8) is 0 Å². The van der Waals surface area contributed by atoms with Gasteiger partial charge in [-0.15, -0.1) is 0 Å². The van der Waals surface area contributed by atoms with Gasteiger partial charge in [0, 0.05) is 48.3 Å². The van der Waals surface area contributed by atoms with Gasteiger partial charge in [0.2, 0.25) is 5.91 Å². The number of fused-ring (bicyclic) bond motifs is 4. The van der Waals surface area contributed by atoms with E-state index >= 15 is 0 Å². The second-order valence-corrected chi connectivity index (χ2v) is 12.5. The van der Waals surface area contributed by atoms with E-state index in [1.165, 1.54) is 54.1 Å². The molecule has 0 saturated carbocycles. The summed E-state index contributed by atoms with van der Waals surface area (Å²) in [5.74, 6) is 0.958. The average molecular weight is 581 g/mol. The Labute approximate surface area is 254 Å². The molecule has 5 heterocycles. The third-order valence-electron chi connectivity index (χ3n) is 9.89. The van der Waals surface area contributed by atoms with Crippen LogP contribution in [0.4, 0.5) is 0 Å². The minimum absolute atomic E-state index is 0.144. The summed E-state index contributed by atoms with van der Waals surface area (Å²) in [6.07, 6.45) is 12.3. The zero-order valence-corrected chi connectivity index (χ0v) is 25.2. The lowest BCUT2D eigenvalue weighted by molar-refractivity contribution is -0.135. The molecular formula is C35H44N6O2. The summed E-state index contributed by atoms with van der Waals surface area (Å²) in [5, 5.41) is 5.87. The number of morpholine rings is 1. The Kier molecular flexibility index (Phi) is 8.68. The molecule has 3 aromatic heterocycles. The highest BCUT2D eigenvalue weighted by atomic mass is 16.5. The standard InChI is InChI=1S/C35H44N6O2/c42-33(39-20-22-43-23-21-39)25-41-31-10-2-1-9-28(31)29-14-18-37-30(35(29)41)24-40(19-5-6-26-12-16-36-17-13-26)32-11-3-7-27-8-4-15-38-34(27)32/h1-2,4,8-10,14-15,18,26,32,36H,3,5-7,11-13,16-17,19-25H2/t32-/m0/s1. The normalized spacial score (nSPS) is 19.7. The van der Waals surface area contributed by atoms with Crippen LogP contribution in [0.3, 0.4) is 0 Å². The summed E-state index contributed by atoms with van der Waals surface area (Å²) in [5.41, 5.74) is 5.86. The predicted octanol–water partition coefficient (Wildman–Crippen LogP) is 5.10. The van der Waals surface area contributed by atoms with Crippen LogP contribution in [0.5, 0.6) is 0 Å². The molecule has 2 fully saturated rings. The second kappa shape index (κ2) is 13.1. The molecule has 8 heteroatoms. The second-order valence-electron chi connectivity index (χ2n) is 12.5. The van der Waals surface area contributed by atoms with Crippen molar-refractivity contribution in [2.24, 2.45) is 5.92 Å². The van der Waals surface area contributed by atoms with Gasteiger partial charge < -0.3 is 19.5 Å². The molecule has 7 rings (SSSR count). The van der Waals surface area contributed by atoms with E-state index in [1.54, 1.807) is 0 Å². The monoisotopic (exact) mass is 580 g/mol. The Morgan fingerprint density at radius 1 is 0.977 bits per heavy atom. The van der Waals surface area contributed by atoms with E-state index in [4.69, 9.17) is 14.7 Å². The number of amides is 1. The largest absolute Gasteiger partial charge is 0.378 e. The molecule has 3 aliphatic rings. The maximum atomic E-state index is 13.6. The number of pyridine rings is 2. The van der Waals surface area contributed by atoms with Gasteiger partial charge in [0.25, 0.3) is 0 Å². The van der Waals surface area contributed by atoms with Crippen molar-refractivity contribution in [2.45, 2.75) is 64.1 Å². The van der Waals surface area contributed by atoms with E-state index in [0.717, 1.165) is 61.7 Å². The summed E-state index contributed by atoms with van der Waals surface area (Å²) in [6, 6.07) is 15.2. The third kappa shape index (κ3) is 6.06. The number of piperidine rings is 1. The highest BCUT2D eigenvalue weighted by Crippen LogP contribution is 2.36. The van der Waals surface area contributed by atoms with Gasteiger partial charge in [-0.2, -0.15) is 0 Å². The lowest BCUT2D eigenvalue weighted by atomic mass is 9.89.